The molecule has 0 fully saturated rings. The number of ether oxygens (including phenoxy) is 1. The van der Waals surface area contributed by atoms with Gasteiger partial charge in [-0.2, -0.15) is 0 Å². The molecule has 0 aliphatic rings. The van der Waals surface area contributed by atoms with E-state index in [2.05, 4.69) is 11.9 Å². The molecule has 0 aliphatic heterocycles. The minimum Gasteiger partial charge on any atom is -0.473 e. The average molecular weight is 277 g/mol. The summed E-state index contributed by atoms with van der Waals surface area (Å²) in [4.78, 5) is 4.43. The van der Waals surface area contributed by atoms with Gasteiger partial charge in [0.2, 0.25) is 5.88 Å². The standard InChI is InChI=1S/C15H17ClN2O/c1-2-14-7-12(9-17)8-15(18-14)19-10-11-4-3-5-13(16)6-11/h3-8H,2,9-10,17H2,1H3. The monoisotopic (exact) mass is 276 g/mol. The summed E-state index contributed by atoms with van der Waals surface area (Å²) in [6.07, 6.45) is 0.862. The van der Waals surface area contributed by atoms with E-state index < -0.39 is 0 Å². The molecule has 0 aliphatic carbocycles. The highest BCUT2D eigenvalue weighted by molar-refractivity contribution is 6.30. The molecule has 0 spiro atoms. The number of nitrogens with zero attached hydrogens (tertiary/aromatic N) is 1. The zero-order chi connectivity index (χ0) is 13.7. The Morgan fingerprint density at radius 2 is 2.05 bits per heavy atom. The fourth-order valence-corrected chi connectivity index (χ4v) is 1.99. The van der Waals surface area contributed by atoms with Crippen molar-refractivity contribution in [3.8, 4) is 5.88 Å². The molecule has 0 radical (unpaired) electrons. The lowest BCUT2D eigenvalue weighted by Crippen LogP contribution is -2.03. The normalized spacial score (nSPS) is 10.5. The molecule has 1 aromatic carbocycles. The molecule has 0 saturated heterocycles. The number of aromatic nitrogens is 1. The number of aryl methyl sites for hydroxylation is 1. The second kappa shape index (κ2) is 6.55. The largest absolute Gasteiger partial charge is 0.473 e. The Kier molecular flexibility index (Phi) is 4.77. The van der Waals surface area contributed by atoms with E-state index in [0.29, 0.717) is 24.1 Å². The van der Waals surface area contributed by atoms with E-state index in [1.54, 1.807) is 0 Å². The van der Waals surface area contributed by atoms with E-state index in [9.17, 15) is 0 Å². The van der Waals surface area contributed by atoms with Crippen molar-refractivity contribution >= 4 is 11.6 Å². The van der Waals surface area contributed by atoms with Gasteiger partial charge in [-0.3, -0.25) is 0 Å². The van der Waals surface area contributed by atoms with Gasteiger partial charge < -0.3 is 10.5 Å². The second-order valence-electron chi connectivity index (χ2n) is 4.28. The Morgan fingerprint density at radius 3 is 2.74 bits per heavy atom. The average Bonchev–Trinajstić information content (AvgIpc) is 2.44. The van der Waals surface area contributed by atoms with Crippen LogP contribution in [0.5, 0.6) is 5.88 Å². The summed E-state index contributed by atoms with van der Waals surface area (Å²) in [5.41, 5.74) is 8.71. The van der Waals surface area contributed by atoms with Crippen LogP contribution in [0.1, 0.15) is 23.7 Å². The molecular formula is C15H17ClN2O. The highest BCUT2D eigenvalue weighted by Gasteiger charge is 2.03. The van der Waals surface area contributed by atoms with Gasteiger partial charge in [0.25, 0.3) is 0 Å². The molecule has 4 heteroatoms. The number of benzene rings is 1. The zero-order valence-corrected chi connectivity index (χ0v) is 11.7. The Labute approximate surface area is 118 Å². The molecule has 2 N–H and O–H groups in total. The van der Waals surface area contributed by atoms with Crippen LogP contribution in [0, 0.1) is 0 Å². The van der Waals surface area contributed by atoms with Gasteiger partial charge in [-0.1, -0.05) is 30.7 Å². The Bertz CT molecular complexity index is 535. The fraction of sp³-hybridized carbons (Fsp3) is 0.267. The third kappa shape index (κ3) is 3.94. The number of halogens is 1. The van der Waals surface area contributed by atoms with Gasteiger partial charge in [-0.05, 0) is 35.7 Å². The number of rotatable bonds is 5. The maximum Gasteiger partial charge on any atom is 0.214 e. The van der Waals surface area contributed by atoms with Gasteiger partial charge in [0.05, 0.1) is 0 Å². The third-order valence-electron chi connectivity index (χ3n) is 2.79. The van der Waals surface area contributed by atoms with Gasteiger partial charge >= 0.3 is 0 Å². The molecule has 3 nitrogen and oxygen atoms in total. The molecule has 1 aromatic heterocycles. The summed E-state index contributed by atoms with van der Waals surface area (Å²) in [5, 5.41) is 0.707. The molecule has 2 aromatic rings. The molecule has 19 heavy (non-hydrogen) atoms. The molecule has 2 rings (SSSR count). The van der Waals surface area contributed by atoms with E-state index in [1.807, 2.05) is 36.4 Å². The van der Waals surface area contributed by atoms with Crippen molar-refractivity contribution in [3.63, 3.8) is 0 Å². The molecule has 0 atom stereocenters. The van der Waals surface area contributed by atoms with E-state index in [4.69, 9.17) is 22.1 Å². The van der Waals surface area contributed by atoms with E-state index >= 15 is 0 Å². The van der Waals surface area contributed by atoms with E-state index in [-0.39, 0.29) is 0 Å². The Hall–Kier alpha value is -1.58. The molecule has 0 bridgehead atoms. The highest BCUT2D eigenvalue weighted by Crippen LogP contribution is 2.16. The van der Waals surface area contributed by atoms with Crippen molar-refractivity contribution < 1.29 is 4.74 Å². The van der Waals surface area contributed by atoms with Crippen LogP contribution >= 0.6 is 11.6 Å². The number of hydrogen-bond acceptors (Lipinski definition) is 3. The van der Waals surface area contributed by atoms with Gasteiger partial charge in [0.15, 0.2) is 0 Å². The second-order valence-corrected chi connectivity index (χ2v) is 4.72. The molecular weight excluding hydrogens is 260 g/mol. The molecule has 0 amide bonds. The van der Waals surface area contributed by atoms with Crippen molar-refractivity contribution in [3.05, 3.63) is 58.2 Å². The summed E-state index contributed by atoms with van der Waals surface area (Å²) in [5.74, 6) is 0.611. The Morgan fingerprint density at radius 1 is 1.21 bits per heavy atom. The summed E-state index contributed by atoms with van der Waals surface area (Å²) >= 11 is 5.93. The van der Waals surface area contributed by atoms with Crippen LogP contribution in [0.3, 0.4) is 0 Å². The van der Waals surface area contributed by atoms with Gasteiger partial charge in [0.1, 0.15) is 6.61 Å². The van der Waals surface area contributed by atoms with Crippen molar-refractivity contribution in [2.24, 2.45) is 5.73 Å². The number of pyridine rings is 1. The predicted molar refractivity (Wildman–Crippen MR) is 77.3 cm³/mol. The summed E-state index contributed by atoms with van der Waals surface area (Å²) in [7, 11) is 0. The van der Waals surface area contributed by atoms with Crippen LogP contribution in [0.2, 0.25) is 5.02 Å². The minimum atomic E-state index is 0.449. The van der Waals surface area contributed by atoms with Gasteiger partial charge in [0, 0.05) is 23.3 Å². The lowest BCUT2D eigenvalue weighted by atomic mass is 10.2. The van der Waals surface area contributed by atoms with Gasteiger partial charge in [-0.25, -0.2) is 4.98 Å². The van der Waals surface area contributed by atoms with Crippen molar-refractivity contribution in [1.82, 2.24) is 4.98 Å². The van der Waals surface area contributed by atoms with Crippen LogP contribution in [-0.2, 0) is 19.6 Å². The predicted octanol–water partition coefficient (Wildman–Crippen LogP) is 3.34. The molecule has 1 heterocycles. The van der Waals surface area contributed by atoms with Crippen LogP contribution in [0.25, 0.3) is 0 Å². The summed E-state index contributed by atoms with van der Waals surface area (Å²) < 4.78 is 5.71. The number of nitrogens with two attached hydrogens (primary N) is 1. The molecule has 100 valence electrons. The highest BCUT2D eigenvalue weighted by atomic mass is 35.5. The lowest BCUT2D eigenvalue weighted by Gasteiger charge is -2.09. The first-order chi connectivity index (χ1) is 9.21. The van der Waals surface area contributed by atoms with Crippen molar-refractivity contribution in [2.45, 2.75) is 26.5 Å². The third-order valence-corrected chi connectivity index (χ3v) is 3.02. The molecule has 0 saturated carbocycles. The van der Waals surface area contributed by atoms with Crippen molar-refractivity contribution in [2.75, 3.05) is 0 Å². The first-order valence-corrected chi connectivity index (χ1v) is 6.66. The topological polar surface area (TPSA) is 48.1 Å². The minimum absolute atomic E-state index is 0.449. The maximum absolute atomic E-state index is 5.93. The quantitative estimate of drug-likeness (QED) is 0.911. The van der Waals surface area contributed by atoms with Gasteiger partial charge in [-0.15, -0.1) is 0 Å². The van der Waals surface area contributed by atoms with Crippen LogP contribution in [0.15, 0.2) is 36.4 Å². The van der Waals surface area contributed by atoms with Crippen LogP contribution in [-0.4, -0.2) is 4.98 Å². The first-order valence-electron chi connectivity index (χ1n) is 6.28. The summed E-state index contributed by atoms with van der Waals surface area (Å²) in [6.45, 7) is 3.00. The van der Waals surface area contributed by atoms with E-state index in [1.165, 1.54) is 0 Å². The number of hydrogen-bond donors (Lipinski definition) is 1. The maximum atomic E-state index is 5.93. The van der Waals surface area contributed by atoms with Crippen LogP contribution in [0.4, 0.5) is 0 Å². The first kappa shape index (κ1) is 13.8. The van der Waals surface area contributed by atoms with Crippen LogP contribution < -0.4 is 10.5 Å². The fourth-order valence-electron chi connectivity index (χ4n) is 1.78. The SMILES string of the molecule is CCc1cc(CN)cc(OCc2cccc(Cl)c2)n1. The van der Waals surface area contributed by atoms with Crippen molar-refractivity contribution in [1.29, 1.82) is 0 Å². The smallest absolute Gasteiger partial charge is 0.214 e. The zero-order valence-electron chi connectivity index (χ0n) is 10.9. The summed E-state index contributed by atoms with van der Waals surface area (Å²) in [6, 6.07) is 11.5. The molecule has 0 unspecified atom stereocenters. The Balaban J connectivity index is 2.10. The lowest BCUT2D eigenvalue weighted by molar-refractivity contribution is 0.292. The van der Waals surface area contributed by atoms with E-state index in [0.717, 1.165) is 23.2 Å².